The topological polar surface area (TPSA) is 89.3 Å². The highest BCUT2D eigenvalue weighted by molar-refractivity contribution is 7.90. The fraction of sp³-hybridized carbons (Fsp3) is 0.900. The van der Waals surface area contributed by atoms with Gasteiger partial charge in [0.2, 0.25) is 5.91 Å². The van der Waals surface area contributed by atoms with E-state index in [1.165, 1.54) is 0 Å². The highest BCUT2D eigenvalue weighted by Gasteiger charge is 2.39. The molecule has 102 valence electrons. The molecule has 0 radical (unpaired) electrons. The quantitative estimate of drug-likeness (QED) is 0.749. The lowest BCUT2D eigenvalue weighted by Gasteiger charge is -2.25. The lowest BCUT2D eigenvalue weighted by atomic mass is 9.85. The summed E-state index contributed by atoms with van der Waals surface area (Å²) in [4.78, 5) is 11.9. The molecular weight excluding hydrogens is 264 g/mol. The van der Waals surface area contributed by atoms with Crippen molar-refractivity contribution in [2.75, 3.05) is 25.1 Å². The van der Waals surface area contributed by atoms with Gasteiger partial charge in [0.1, 0.15) is 9.84 Å². The van der Waals surface area contributed by atoms with E-state index in [2.05, 4.69) is 5.32 Å². The number of carbonyl (C=O) groups is 1. The standard InChI is InChI=1S/C10H20N2O3S.ClH/c1-16(14,15)7-6-12-9(13)10(8-11)4-2-3-5-10;/h2-8,11H2,1H3,(H,12,13);1H. The zero-order valence-electron chi connectivity index (χ0n) is 10.1. The number of amides is 1. The summed E-state index contributed by atoms with van der Waals surface area (Å²) in [6, 6.07) is 0. The van der Waals surface area contributed by atoms with Crippen LogP contribution in [0.5, 0.6) is 0 Å². The molecule has 0 aromatic rings. The normalized spacial score (nSPS) is 18.5. The van der Waals surface area contributed by atoms with Crippen LogP contribution in [0.25, 0.3) is 0 Å². The van der Waals surface area contributed by atoms with Crippen LogP contribution in [0.1, 0.15) is 25.7 Å². The maximum Gasteiger partial charge on any atom is 0.227 e. The third-order valence-corrected chi connectivity index (χ3v) is 4.14. The molecule has 5 nitrogen and oxygen atoms in total. The van der Waals surface area contributed by atoms with Crippen LogP contribution in [0.15, 0.2) is 0 Å². The second kappa shape index (κ2) is 6.56. The first kappa shape index (κ1) is 16.7. The first-order chi connectivity index (χ1) is 7.40. The summed E-state index contributed by atoms with van der Waals surface area (Å²) >= 11 is 0. The SMILES string of the molecule is CS(=O)(=O)CCNC(=O)C1(CN)CCCC1.Cl. The van der Waals surface area contributed by atoms with Crippen LogP contribution in [0.2, 0.25) is 0 Å². The minimum Gasteiger partial charge on any atom is -0.355 e. The molecule has 0 aliphatic heterocycles. The number of nitrogens with two attached hydrogens (primary N) is 1. The van der Waals surface area contributed by atoms with E-state index < -0.39 is 15.3 Å². The molecule has 0 aromatic carbocycles. The largest absolute Gasteiger partial charge is 0.355 e. The third kappa shape index (κ3) is 4.81. The molecule has 17 heavy (non-hydrogen) atoms. The molecule has 0 atom stereocenters. The Morgan fingerprint density at radius 3 is 2.29 bits per heavy atom. The summed E-state index contributed by atoms with van der Waals surface area (Å²) < 4.78 is 21.8. The number of hydrogen-bond donors (Lipinski definition) is 2. The summed E-state index contributed by atoms with van der Waals surface area (Å²) in [6.07, 6.45) is 4.84. The second-order valence-corrected chi connectivity index (χ2v) is 6.84. The van der Waals surface area contributed by atoms with E-state index in [9.17, 15) is 13.2 Å². The number of halogens is 1. The second-order valence-electron chi connectivity index (χ2n) is 4.58. The molecule has 0 heterocycles. The third-order valence-electron chi connectivity index (χ3n) is 3.19. The van der Waals surface area contributed by atoms with Gasteiger partial charge in [0.25, 0.3) is 0 Å². The Morgan fingerprint density at radius 2 is 1.88 bits per heavy atom. The number of carbonyl (C=O) groups excluding carboxylic acids is 1. The van der Waals surface area contributed by atoms with E-state index >= 15 is 0 Å². The van der Waals surface area contributed by atoms with Crippen molar-refractivity contribution in [3.63, 3.8) is 0 Å². The Kier molecular flexibility index (Phi) is 6.43. The molecule has 1 rings (SSSR count). The average molecular weight is 285 g/mol. The van der Waals surface area contributed by atoms with Crippen molar-refractivity contribution in [3.05, 3.63) is 0 Å². The summed E-state index contributed by atoms with van der Waals surface area (Å²) in [5.41, 5.74) is 5.20. The maximum atomic E-state index is 11.9. The molecule has 7 heteroatoms. The predicted octanol–water partition coefficient (Wildman–Crippen LogP) is 0.0881. The zero-order valence-corrected chi connectivity index (χ0v) is 11.7. The molecule has 1 aliphatic carbocycles. The predicted molar refractivity (Wildman–Crippen MR) is 69.9 cm³/mol. The van der Waals surface area contributed by atoms with E-state index in [-0.39, 0.29) is 30.6 Å². The Balaban J connectivity index is 0.00000256. The maximum absolute atomic E-state index is 11.9. The van der Waals surface area contributed by atoms with Gasteiger partial charge in [0.05, 0.1) is 11.2 Å². The van der Waals surface area contributed by atoms with Gasteiger partial charge < -0.3 is 11.1 Å². The molecule has 1 saturated carbocycles. The number of hydrogen-bond acceptors (Lipinski definition) is 4. The van der Waals surface area contributed by atoms with Crippen molar-refractivity contribution in [1.82, 2.24) is 5.32 Å². The van der Waals surface area contributed by atoms with Crippen molar-refractivity contribution in [2.45, 2.75) is 25.7 Å². The Labute approximate surface area is 109 Å². The summed E-state index contributed by atoms with van der Waals surface area (Å²) in [7, 11) is -3.02. The average Bonchev–Trinajstić information content (AvgIpc) is 2.65. The van der Waals surface area contributed by atoms with Gasteiger partial charge in [-0.25, -0.2) is 8.42 Å². The summed E-state index contributed by atoms with van der Waals surface area (Å²) in [5.74, 6) is -0.101. The van der Waals surface area contributed by atoms with Crippen LogP contribution in [0, 0.1) is 5.41 Å². The smallest absolute Gasteiger partial charge is 0.227 e. The summed E-state index contributed by atoms with van der Waals surface area (Å²) in [6.45, 7) is 0.525. The van der Waals surface area contributed by atoms with Crippen LogP contribution in [0.3, 0.4) is 0 Å². The number of nitrogens with one attached hydrogen (secondary N) is 1. The molecule has 0 unspecified atom stereocenters. The lowest BCUT2D eigenvalue weighted by molar-refractivity contribution is -0.130. The lowest BCUT2D eigenvalue weighted by Crippen LogP contribution is -2.45. The van der Waals surface area contributed by atoms with Gasteiger partial charge in [-0.15, -0.1) is 12.4 Å². The van der Waals surface area contributed by atoms with Gasteiger partial charge in [0, 0.05) is 19.3 Å². The highest BCUT2D eigenvalue weighted by atomic mass is 35.5. The Hall–Kier alpha value is -0.330. The molecule has 0 saturated heterocycles. The van der Waals surface area contributed by atoms with Crippen LogP contribution >= 0.6 is 12.4 Å². The van der Waals surface area contributed by atoms with Gasteiger partial charge in [-0.2, -0.15) is 0 Å². The van der Waals surface area contributed by atoms with Crippen molar-refractivity contribution in [2.24, 2.45) is 11.1 Å². The Morgan fingerprint density at radius 1 is 1.35 bits per heavy atom. The van der Waals surface area contributed by atoms with Crippen LogP contribution in [-0.2, 0) is 14.6 Å². The fourth-order valence-electron chi connectivity index (χ4n) is 2.11. The van der Waals surface area contributed by atoms with Gasteiger partial charge in [-0.05, 0) is 12.8 Å². The van der Waals surface area contributed by atoms with Crippen molar-refractivity contribution in [3.8, 4) is 0 Å². The molecule has 1 fully saturated rings. The van der Waals surface area contributed by atoms with Crippen molar-refractivity contribution >= 4 is 28.2 Å². The molecular formula is C10H21ClN2O3S. The first-order valence-electron chi connectivity index (χ1n) is 5.56. The van der Waals surface area contributed by atoms with E-state index in [1.54, 1.807) is 0 Å². The summed E-state index contributed by atoms with van der Waals surface area (Å²) in [5, 5.41) is 2.67. The van der Waals surface area contributed by atoms with E-state index in [0.717, 1.165) is 31.9 Å². The molecule has 0 aromatic heterocycles. The Bertz CT molecular complexity index is 351. The van der Waals surface area contributed by atoms with E-state index in [1.807, 2.05) is 0 Å². The van der Waals surface area contributed by atoms with Crippen molar-refractivity contribution < 1.29 is 13.2 Å². The van der Waals surface area contributed by atoms with Gasteiger partial charge in [-0.1, -0.05) is 12.8 Å². The molecule has 3 N–H and O–H groups in total. The minimum atomic E-state index is -3.02. The van der Waals surface area contributed by atoms with Crippen LogP contribution in [-0.4, -0.2) is 39.4 Å². The van der Waals surface area contributed by atoms with E-state index in [4.69, 9.17) is 5.73 Å². The van der Waals surface area contributed by atoms with Crippen LogP contribution < -0.4 is 11.1 Å². The molecule has 1 aliphatic rings. The monoisotopic (exact) mass is 284 g/mol. The number of sulfone groups is 1. The minimum absolute atomic E-state index is 0. The highest BCUT2D eigenvalue weighted by Crippen LogP contribution is 2.37. The molecule has 0 spiro atoms. The van der Waals surface area contributed by atoms with Gasteiger partial charge in [-0.3, -0.25) is 4.79 Å². The zero-order chi connectivity index (χ0) is 12.2. The van der Waals surface area contributed by atoms with E-state index in [0.29, 0.717) is 6.54 Å². The first-order valence-corrected chi connectivity index (χ1v) is 7.62. The fourth-order valence-corrected chi connectivity index (χ4v) is 2.59. The number of rotatable bonds is 5. The van der Waals surface area contributed by atoms with Crippen molar-refractivity contribution in [1.29, 1.82) is 0 Å². The molecule has 0 bridgehead atoms. The van der Waals surface area contributed by atoms with Gasteiger partial charge >= 0.3 is 0 Å². The van der Waals surface area contributed by atoms with Crippen LogP contribution in [0.4, 0.5) is 0 Å². The molecule has 1 amide bonds. The van der Waals surface area contributed by atoms with Gasteiger partial charge in [0.15, 0.2) is 0 Å².